The van der Waals surface area contributed by atoms with E-state index in [-0.39, 0.29) is 16.7 Å². The predicted octanol–water partition coefficient (Wildman–Crippen LogP) is 1.50. The maximum atomic E-state index is 12.5. The standard InChI is InChI=1S/C13H19NO4S/c1-10-3-4-11(15)9-13(10)19(16,17)14-7-5-12(18-2)6-8-14/h3-4,9,12,15H,5-8H2,1-2H3. The number of hydrogen-bond acceptors (Lipinski definition) is 4. The molecule has 1 aromatic rings. The van der Waals surface area contributed by atoms with Gasteiger partial charge in [0.2, 0.25) is 10.0 Å². The molecule has 0 amide bonds. The molecule has 0 aromatic heterocycles. The van der Waals surface area contributed by atoms with Gasteiger partial charge in [0.25, 0.3) is 0 Å². The Balaban J connectivity index is 2.26. The largest absolute Gasteiger partial charge is 0.508 e. The lowest BCUT2D eigenvalue weighted by molar-refractivity contribution is 0.0604. The molecule has 1 aromatic carbocycles. The first-order chi connectivity index (χ1) is 8.95. The van der Waals surface area contributed by atoms with Gasteiger partial charge in [0, 0.05) is 26.3 Å². The Hall–Kier alpha value is -1.11. The second-order valence-electron chi connectivity index (χ2n) is 4.79. The fourth-order valence-electron chi connectivity index (χ4n) is 2.31. The first-order valence-electron chi connectivity index (χ1n) is 6.27. The number of rotatable bonds is 3. The molecule has 6 heteroatoms. The Labute approximate surface area is 113 Å². The highest BCUT2D eigenvalue weighted by Crippen LogP contribution is 2.26. The highest BCUT2D eigenvalue weighted by atomic mass is 32.2. The van der Waals surface area contributed by atoms with E-state index in [0.717, 1.165) is 0 Å². The number of sulfonamides is 1. The Kier molecular flexibility index (Phi) is 4.13. The lowest BCUT2D eigenvalue weighted by Gasteiger charge is -2.30. The predicted molar refractivity (Wildman–Crippen MR) is 71.6 cm³/mol. The SMILES string of the molecule is COC1CCN(S(=O)(=O)c2cc(O)ccc2C)CC1. The van der Waals surface area contributed by atoms with E-state index >= 15 is 0 Å². The second kappa shape index (κ2) is 5.48. The molecule has 5 nitrogen and oxygen atoms in total. The van der Waals surface area contributed by atoms with Gasteiger partial charge in [-0.25, -0.2) is 8.42 Å². The zero-order valence-corrected chi connectivity index (χ0v) is 12.0. The quantitative estimate of drug-likeness (QED) is 0.914. The van der Waals surface area contributed by atoms with Crippen molar-refractivity contribution in [3.8, 4) is 5.75 Å². The Morgan fingerprint density at radius 1 is 1.32 bits per heavy atom. The summed E-state index contributed by atoms with van der Waals surface area (Å²) >= 11 is 0. The van der Waals surface area contributed by atoms with Crippen LogP contribution in [-0.4, -0.2) is 44.1 Å². The van der Waals surface area contributed by atoms with E-state index in [1.807, 2.05) is 0 Å². The normalized spacial score (nSPS) is 18.6. The molecular weight excluding hydrogens is 266 g/mol. The van der Waals surface area contributed by atoms with E-state index in [1.165, 1.54) is 16.4 Å². The summed E-state index contributed by atoms with van der Waals surface area (Å²) in [4.78, 5) is 0.184. The molecule has 0 radical (unpaired) electrons. The van der Waals surface area contributed by atoms with E-state index in [4.69, 9.17) is 4.74 Å². The zero-order chi connectivity index (χ0) is 14.0. The van der Waals surface area contributed by atoms with Gasteiger partial charge in [0.1, 0.15) is 5.75 Å². The summed E-state index contributed by atoms with van der Waals surface area (Å²) < 4.78 is 31.8. The molecular formula is C13H19NO4S. The lowest BCUT2D eigenvalue weighted by Crippen LogP contribution is -2.40. The molecule has 0 saturated carbocycles. The van der Waals surface area contributed by atoms with Crippen LogP contribution in [-0.2, 0) is 14.8 Å². The molecule has 0 unspecified atom stereocenters. The van der Waals surface area contributed by atoms with Crippen molar-refractivity contribution in [2.75, 3.05) is 20.2 Å². The highest BCUT2D eigenvalue weighted by molar-refractivity contribution is 7.89. The van der Waals surface area contributed by atoms with Gasteiger partial charge in [-0.3, -0.25) is 0 Å². The van der Waals surface area contributed by atoms with Gasteiger partial charge in [-0.1, -0.05) is 6.07 Å². The Morgan fingerprint density at radius 2 is 1.95 bits per heavy atom. The molecule has 1 aliphatic rings. The zero-order valence-electron chi connectivity index (χ0n) is 11.2. The first-order valence-corrected chi connectivity index (χ1v) is 7.71. The average molecular weight is 285 g/mol. The van der Waals surface area contributed by atoms with Gasteiger partial charge in [-0.05, 0) is 31.4 Å². The van der Waals surface area contributed by atoms with Gasteiger partial charge >= 0.3 is 0 Å². The van der Waals surface area contributed by atoms with Crippen LogP contribution in [0.2, 0.25) is 0 Å². The molecule has 0 atom stereocenters. The van der Waals surface area contributed by atoms with Crippen molar-refractivity contribution in [3.63, 3.8) is 0 Å². The number of aryl methyl sites for hydroxylation is 1. The van der Waals surface area contributed by atoms with Crippen molar-refractivity contribution in [2.45, 2.75) is 30.8 Å². The smallest absolute Gasteiger partial charge is 0.243 e. The van der Waals surface area contributed by atoms with Crippen LogP contribution in [0.1, 0.15) is 18.4 Å². The maximum Gasteiger partial charge on any atom is 0.243 e. The van der Waals surface area contributed by atoms with Crippen molar-refractivity contribution in [2.24, 2.45) is 0 Å². The molecule has 2 rings (SSSR count). The second-order valence-corrected chi connectivity index (χ2v) is 6.70. The van der Waals surface area contributed by atoms with Gasteiger partial charge in [-0.15, -0.1) is 0 Å². The van der Waals surface area contributed by atoms with Gasteiger partial charge in [0.15, 0.2) is 0 Å². The molecule has 1 heterocycles. The molecule has 1 aliphatic heterocycles. The highest BCUT2D eigenvalue weighted by Gasteiger charge is 2.30. The van der Waals surface area contributed by atoms with Crippen molar-refractivity contribution in [1.29, 1.82) is 0 Å². The summed E-state index contributed by atoms with van der Waals surface area (Å²) in [5.74, 6) is -0.0315. The lowest BCUT2D eigenvalue weighted by atomic mass is 10.1. The van der Waals surface area contributed by atoms with Crippen LogP contribution >= 0.6 is 0 Å². The number of hydrogen-bond donors (Lipinski definition) is 1. The monoisotopic (exact) mass is 285 g/mol. The van der Waals surface area contributed by atoms with Crippen LogP contribution in [0.3, 0.4) is 0 Å². The number of aromatic hydroxyl groups is 1. The summed E-state index contributed by atoms with van der Waals surface area (Å²) in [5, 5.41) is 9.48. The molecule has 1 saturated heterocycles. The van der Waals surface area contributed by atoms with Crippen molar-refractivity contribution in [1.82, 2.24) is 4.31 Å². The van der Waals surface area contributed by atoms with Crippen LogP contribution in [0.4, 0.5) is 0 Å². The average Bonchev–Trinajstić information content (AvgIpc) is 2.41. The minimum absolute atomic E-state index is 0.0315. The van der Waals surface area contributed by atoms with Crippen molar-refractivity contribution in [3.05, 3.63) is 23.8 Å². The third kappa shape index (κ3) is 2.91. The van der Waals surface area contributed by atoms with Gasteiger partial charge < -0.3 is 9.84 Å². The summed E-state index contributed by atoms with van der Waals surface area (Å²) in [6, 6.07) is 4.42. The first kappa shape index (κ1) is 14.3. The number of phenols is 1. The summed E-state index contributed by atoms with van der Waals surface area (Å²) in [6.07, 6.45) is 1.54. The number of piperidine rings is 1. The number of ether oxygens (including phenoxy) is 1. The number of methoxy groups -OCH3 is 1. The molecule has 1 N–H and O–H groups in total. The minimum Gasteiger partial charge on any atom is -0.508 e. The Morgan fingerprint density at radius 3 is 2.53 bits per heavy atom. The number of phenolic OH excluding ortho intramolecular Hbond substituents is 1. The molecule has 0 aliphatic carbocycles. The van der Waals surface area contributed by atoms with Crippen LogP contribution in [0.25, 0.3) is 0 Å². The van der Waals surface area contributed by atoms with Crippen LogP contribution in [0, 0.1) is 6.92 Å². The molecule has 1 fully saturated rings. The fraction of sp³-hybridized carbons (Fsp3) is 0.538. The minimum atomic E-state index is -3.53. The summed E-state index contributed by atoms with van der Waals surface area (Å²) in [6.45, 7) is 2.64. The van der Waals surface area contributed by atoms with Gasteiger partial charge in [0.05, 0.1) is 11.0 Å². The molecule has 106 valence electrons. The topological polar surface area (TPSA) is 66.8 Å². The summed E-state index contributed by atoms with van der Waals surface area (Å²) in [5.41, 5.74) is 0.645. The summed E-state index contributed by atoms with van der Waals surface area (Å²) in [7, 11) is -1.88. The van der Waals surface area contributed by atoms with Crippen LogP contribution in [0.5, 0.6) is 5.75 Å². The van der Waals surface area contributed by atoms with Crippen molar-refractivity contribution < 1.29 is 18.3 Å². The van der Waals surface area contributed by atoms with Crippen LogP contribution in [0.15, 0.2) is 23.1 Å². The van der Waals surface area contributed by atoms with E-state index in [1.54, 1.807) is 20.1 Å². The molecule has 0 bridgehead atoms. The van der Waals surface area contributed by atoms with E-state index in [2.05, 4.69) is 0 Å². The molecule has 0 spiro atoms. The third-order valence-corrected chi connectivity index (χ3v) is 5.56. The van der Waals surface area contributed by atoms with Crippen molar-refractivity contribution >= 4 is 10.0 Å². The van der Waals surface area contributed by atoms with Gasteiger partial charge in [-0.2, -0.15) is 4.31 Å². The van der Waals surface area contributed by atoms with Crippen LogP contribution < -0.4 is 0 Å². The Bertz CT molecular complexity index is 548. The van der Waals surface area contributed by atoms with E-state index in [0.29, 0.717) is 31.5 Å². The third-order valence-electron chi connectivity index (χ3n) is 3.52. The maximum absolute atomic E-state index is 12.5. The van der Waals surface area contributed by atoms with E-state index in [9.17, 15) is 13.5 Å². The molecule has 19 heavy (non-hydrogen) atoms. The number of benzene rings is 1. The fourth-order valence-corrected chi connectivity index (χ4v) is 4.03. The number of nitrogens with zero attached hydrogens (tertiary/aromatic N) is 1. The van der Waals surface area contributed by atoms with E-state index < -0.39 is 10.0 Å².